The van der Waals surface area contributed by atoms with Gasteiger partial charge >= 0.3 is 5.97 Å². The summed E-state index contributed by atoms with van der Waals surface area (Å²) >= 11 is 0. The first kappa shape index (κ1) is 10.4. The zero-order valence-electron chi connectivity index (χ0n) is 8.62. The van der Waals surface area contributed by atoms with Crippen LogP contribution < -0.4 is 0 Å². The maximum absolute atomic E-state index is 13.0. The highest BCUT2D eigenvalue weighted by atomic mass is 19.1. The van der Waals surface area contributed by atoms with E-state index in [1.54, 1.807) is 19.1 Å². The molecule has 16 heavy (non-hydrogen) atoms. The van der Waals surface area contributed by atoms with Crippen molar-refractivity contribution in [2.45, 2.75) is 6.92 Å². The van der Waals surface area contributed by atoms with E-state index in [-0.39, 0.29) is 11.4 Å². The van der Waals surface area contributed by atoms with Crippen LogP contribution in [-0.2, 0) is 0 Å². The highest BCUT2D eigenvalue weighted by molar-refractivity contribution is 5.90. The molecule has 1 heterocycles. The first-order valence-corrected chi connectivity index (χ1v) is 4.77. The fourth-order valence-electron chi connectivity index (χ4n) is 1.59. The van der Waals surface area contributed by atoms with Crippen molar-refractivity contribution in [3.05, 3.63) is 47.4 Å². The van der Waals surface area contributed by atoms with Crippen LogP contribution in [0.15, 0.2) is 30.3 Å². The molecule has 2 aromatic rings. The van der Waals surface area contributed by atoms with Crippen molar-refractivity contribution in [3.63, 3.8) is 0 Å². The number of halogens is 1. The van der Waals surface area contributed by atoms with Crippen molar-refractivity contribution in [3.8, 4) is 11.3 Å². The lowest BCUT2D eigenvalue weighted by molar-refractivity contribution is 0.0696. The number of hydrogen-bond donors (Lipinski definition) is 2. The quantitative estimate of drug-likeness (QED) is 0.815. The summed E-state index contributed by atoms with van der Waals surface area (Å²) in [5.74, 6) is -1.34. The summed E-state index contributed by atoms with van der Waals surface area (Å²) in [6.07, 6.45) is 0. The van der Waals surface area contributed by atoms with E-state index in [2.05, 4.69) is 4.98 Å². The molecule has 0 fully saturated rings. The molecule has 4 heteroatoms. The van der Waals surface area contributed by atoms with E-state index in [0.29, 0.717) is 17.0 Å². The summed E-state index contributed by atoms with van der Waals surface area (Å²) in [4.78, 5) is 13.8. The van der Waals surface area contributed by atoms with E-state index in [1.165, 1.54) is 18.2 Å². The maximum Gasteiger partial charge on any atom is 0.337 e. The third-order valence-corrected chi connectivity index (χ3v) is 2.38. The van der Waals surface area contributed by atoms with Gasteiger partial charge in [0.05, 0.1) is 5.56 Å². The molecule has 1 aromatic heterocycles. The summed E-state index contributed by atoms with van der Waals surface area (Å²) in [5, 5.41) is 8.89. The van der Waals surface area contributed by atoms with Gasteiger partial charge in [-0.2, -0.15) is 0 Å². The van der Waals surface area contributed by atoms with E-state index < -0.39 is 5.97 Å². The van der Waals surface area contributed by atoms with Gasteiger partial charge in [0.1, 0.15) is 5.82 Å². The van der Waals surface area contributed by atoms with E-state index in [0.717, 1.165) is 0 Å². The number of carboxylic acid groups (broad SMARTS) is 1. The third-order valence-electron chi connectivity index (χ3n) is 2.38. The van der Waals surface area contributed by atoms with Crippen LogP contribution in [0, 0.1) is 12.7 Å². The molecule has 0 bridgehead atoms. The number of hydrogen-bond acceptors (Lipinski definition) is 1. The minimum Gasteiger partial charge on any atom is -0.478 e. The molecule has 0 aliphatic carbocycles. The second kappa shape index (κ2) is 3.81. The highest BCUT2D eigenvalue weighted by Crippen LogP contribution is 2.22. The molecule has 0 atom stereocenters. The molecule has 0 aliphatic heterocycles. The number of rotatable bonds is 2. The Balaban J connectivity index is 2.49. The predicted molar refractivity (Wildman–Crippen MR) is 57.9 cm³/mol. The Kier molecular flexibility index (Phi) is 2.48. The SMILES string of the molecule is Cc1[nH]c(-c2cccc(F)c2)cc1C(=O)O. The fourth-order valence-corrected chi connectivity index (χ4v) is 1.59. The number of nitrogens with one attached hydrogen (secondary N) is 1. The second-order valence-corrected chi connectivity index (χ2v) is 3.54. The molecule has 0 aliphatic rings. The maximum atomic E-state index is 13.0. The lowest BCUT2D eigenvalue weighted by Gasteiger charge is -1.97. The zero-order chi connectivity index (χ0) is 11.7. The molecule has 3 nitrogen and oxygen atoms in total. The van der Waals surface area contributed by atoms with Gasteiger partial charge < -0.3 is 10.1 Å². The van der Waals surface area contributed by atoms with Crippen molar-refractivity contribution < 1.29 is 14.3 Å². The van der Waals surface area contributed by atoms with Gasteiger partial charge in [0.15, 0.2) is 0 Å². The van der Waals surface area contributed by atoms with Gasteiger partial charge in [-0.1, -0.05) is 12.1 Å². The van der Waals surface area contributed by atoms with Crippen molar-refractivity contribution >= 4 is 5.97 Å². The third kappa shape index (κ3) is 1.82. The van der Waals surface area contributed by atoms with Gasteiger partial charge in [0, 0.05) is 17.0 Å². The summed E-state index contributed by atoms with van der Waals surface area (Å²) in [7, 11) is 0. The number of benzene rings is 1. The number of carbonyl (C=O) groups is 1. The van der Waals surface area contributed by atoms with Crippen LogP contribution >= 0.6 is 0 Å². The largest absolute Gasteiger partial charge is 0.478 e. The molecule has 0 saturated heterocycles. The van der Waals surface area contributed by atoms with Gasteiger partial charge in [-0.3, -0.25) is 0 Å². The summed E-state index contributed by atoms with van der Waals surface area (Å²) < 4.78 is 13.0. The molecular weight excluding hydrogens is 209 g/mol. The standard InChI is InChI=1S/C12H10FNO2/c1-7-10(12(15)16)6-11(14-7)8-3-2-4-9(13)5-8/h2-6,14H,1H3,(H,15,16). The average Bonchev–Trinajstić information content (AvgIpc) is 2.60. The molecule has 1 aromatic carbocycles. The second-order valence-electron chi connectivity index (χ2n) is 3.54. The van der Waals surface area contributed by atoms with Crippen LogP contribution in [0.2, 0.25) is 0 Å². The van der Waals surface area contributed by atoms with Gasteiger partial charge in [-0.15, -0.1) is 0 Å². The lowest BCUT2D eigenvalue weighted by Crippen LogP contribution is -1.95. The minimum absolute atomic E-state index is 0.208. The van der Waals surface area contributed by atoms with E-state index >= 15 is 0 Å². The van der Waals surface area contributed by atoms with Gasteiger partial charge in [0.2, 0.25) is 0 Å². The lowest BCUT2D eigenvalue weighted by atomic mass is 10.1. The first-order chi connectivity index (χ1) is 7.58. The van der Waals surface area contributed by atoms with E-state index in [4.69, 9.17) is 5.11 Å². The number of aryl methyl sites for hydroxylation is 1. The molecule has 0 radical (unpaired) electrons. The summed E-state index contributed by atoms with van der Waals surface area (Å²) in [5.41, 5.74) is 2.01. The number of aromatic nitrogens is 1. The number of H-pyrrole nitrogens is 1. The Hall–Kier alpha value is -2.10. The molecule has 82 valence electrons. The minimum atomic E-state index is -0.989. The number of aromatic amines is 1. The first-order valence-electron chi connectivity index (χ1n) is 4.77. The van der Waals surface area contributed by atoms with Crippen molar-refractivity contribution in [1.82, 2.24) is 4.98 Å². The van der Waals surface area contributed by atoms with Crippen molar-refractivity contribution in [2.75, 3.05) is 0 Å². The number of aromatic carboxylic acids is 1. The van der Waals surface area contributed by atoms with Gasteiger partial charge in [0.25, 0.3) is 0 Å². The predicted octanol–water partition coefficient (Wildman–Crippen LogP) is 2.83. The summed E-state index contributed by atoms with van der Waals surface area (Å²) in [6, 6.07) is 7.52. The fraction of sp³-hybridized carbons (Fsp3) is 0.0833. The Bertz CT molecular complexity index is 546. The van der Waals surface area contributed by atoms with Crippen LogP contribution in [0.25, 0.3) is 11.3 Å². The van der Waals surface area contributed by atoms with Gasteiger partial charge in [-0.25, -0.2) is 9.18 Å². The molecule has 0 spiro atoms. The zero-order valence-corrected chi connectivity index (χ0v) is 8.62. The number of carboxylic acids is 1. The molecule has 0 unspecified atom stereocenters. The van der Waals surface area contributed by atoms with E-state index in [9.17, 15) is 9.18 Å². The van der Waals surface area contributed by atoms with Crippen molar-refractivity contribution in [2.24, 2.45) is 0 Å². The van der Waals surface area contributed by atoms with Gasteiger partial charge in [-0.05, 0) is 25.1 Å². The van der Waals surface area contributed by atoms with Crippen LogP contribution in [0.3, 0.4) is 0 Å². The van der Waals surface area contributed by atoms with E-state index in [1.807, 2.05) is 0 Å². The Morgan fingerprint density at radius 1 is 1.38 bits per heavy atom. The monoisotopic (exact) mass is 219 g/mol. The van der Waals surface area contributed by atoms with Crippen LogP contribution in [-0.4, -0.2) is 16.1 Å². The summed E-state index contributed by atoms with van der Waals surface area (Å²) in [6.45, 7) is 1.67. The van der Waals surface area contributed by atoms with Crippen LogP contribution in [0.4, 0.5) is 4.39 Å². The topological polar surface area (TPSA) is 53.1 Å². The highest BCUT2D eigenvalue weighted by Gasteiger charge is 2.12. The Morgan fingerprint density at radius 3 is 2.69 bits per heavy atom. The van der Waals surface area contributed by atoms with Crippen molar-refractivity contribution in [1.29, 1.82) is 0 Å². The molecule has 0 amide bonds. The normalized spacial score (nSPS) is 10.4. The Morgan fingerprint density at radius 2 is 2.12 bits per heavy atom. The molecule has 2 rings (SSSR count). The van der Waals surface area contributed by atoms with Crippen LogP contribution in [0.5, 0.6) is 0 Å². The molecule has 0 saturated carbocycles. The molecule has 2 N–H and O–H groups in total. The smallest absolute Gasteiger partial charge is 0.337 e. The molecular formula is C12H10FNO2. The average molecular weight is 219 g/mol. The Labute approximate surface area is 91.5 Å². The van der Waals surface area contributed by atoms with Crippen LogP contribution in [0.1, 0.15) is 16.1 Å².